The SMILES string of the molecule is Fc1ccc(-c2nc(-c3ccc(Br)cc3)cs2)c(Br)c1F. The molecule has 1 aromatic heterocycles. The minimum atomic E-state index is -0.895. The summed E-state index contributed by atoms with van der Waals surface area (Å²) in [7, 11) is 0. The van der Waals surface area contributed by atoms with Gasteiger partial charge in [-0.25, -0.2) is 13.8 Å². The molecule has 0 bridgehead atoms. The number of aromatic nitrogens is 1. The van der Waals surface area contributed by atoms with E-state index in [9.17, 15) is 8.78 Å². The van der Waals surface area contributed by atoms with Gasteiger partial charge in [-0.3, -0.25) is 0 Å². The van der Waals surface area contributed by atoms with E-state index in [1.807, 2.05) is 29.6 Å². The van der Waals surface area contributed by atoms with Crippen molar-refractivity contribution in [2.24, 2.45) is 0 Å². The number of nitrogens with zero attached hydrogens (tertiary/aromatic N) is 1. The molecule has 106 valence electrons. The lowest BCUT2D eigenvalue weighted by Crippen LogP contribution is -1.89. The highest BCUT2D eigenvalue weighted by Crippen LogP contribution is 2.35. The molecular formula is C15H7Br2F2NS. The van der Waals surface area contributed by atoms with Crippen LogP contribution < -0.4 is 0 Å². The first-order valence-electron chi connectivity index (χ1n) is 5.91. The maximum atomic E-state index is 13.6. The molecule has 1 heterocycles. The van der Waals surface area contributed by atoms with E-state index in [2.05, 4.69) is 36.8 Å². The first-order chi connectivity index (χ1) is 10.1. The molecule has 0 radical (unpaired) electrons. The molecule has 0 aliphatic carbocycles. The van der Waals surface area contributed by atoms with Crippen LogP contribution in [0.3, 0.4) is 0 Å². The summed E-state index contributed by atoms with van der Waals surface area (Å²) in [4.78, 5) is 4.50. The van der Waals surface area contributed by atoms with Gasteiger partial charge in [0.1, 0.15) is 5.01 Å². The van der Waals surface area contributed by atoms with Crippen LogP contribution in [0.1, 0.15) is 0 Å². The Morgan fingerprint density at radius 2 is 1.67 bits per heavy atom. The summed E-state index contributed by atoms with van der Waals surface area (Å²) in [6, 6.07) is 10.4. The third kappa shape index (κ3) is 2.93. The Balaban J connectivity index is 2.03. The Labute approximate surface area is 140 Å². The molecule has 0 spiro atoms. The van der Waals surface area contributed by atoms with E-state index in [-0.39, 0.29) is 4.47 Å². The molecule has 0 saturated carbocycles. The molecular weight excluding hydrogens is 424 g/mol. The third-order valence-electron chi connectivity index (χ3n) is 2.91. The number of thiazole rings is 1. The third-order valence-corrected chi connectivity index (χ3v) is 5.09. The second-order valence-corrected chi connectivity index (χ2v) is 6.83. The van der Waals surface area contributed by atoms with Crippen molar-refractivity contribution in [3.8, 4) is 21.8 Å². The van der Waals surface area contributed by atoms with Crippen LogP contribution in [0.5, 0.6) is 0 Å². The minimum Gasteiger partial charge on any atom is -0.236 e. The average Bonchev–Trinajstić information content (AvgIpc) is 2.95. The molecule has 0 unspecified atom stereocenters. The number of halogens is 4. The van der Waals surface area contributed by atoms with Gasteiger partial charge in [-0.15, -0.1) is 11.3 Å². The Kier molecular flexibility index (Phi) is 4.19. The van der Waals surface area contributed by atoms with Gasteiger partial charge in [0, 0.05) is 21.0 Å². The molecule has 0 atom stereocenters. The predicted molar refractivity (Wildman–Crippen MR) is 88.3 cm³/mol. The second kappa shape index (κ2) is 5.94. The Hall–Kier alpha value is -1.11. The second-order valence-electron chi connectivity index (χ2n) is 4.27. The van der Waals surface area contributed by atoms with Crippen molar-refractivity contribution in [2.75, 3.05) is 0 Å². The highest BCUT2D eigenvalue weighted by molar-refractivity contribution is 9.10. The summed E-state index contributed by atoms with van der Waals surface area (Å²) < 4.78 is 27.8. The monoisotopic (exact) mass is 429 g/mol. The van der Waals surface area contributed by atoms with Crippen molar-refractivity contribution in [1.29, 1.82) is 0 Å². The van der Waals surface area contributed by atoms with Crippen molar-refractivity contribution < 1.29 is 8.78 Å². The lowest BCUT2D eigenvalue weighted by molar-refractivity contribution is 0.505. The molecule has 0 amide bonds. The Morgan fingerprint density at radius 1 is 0.952 bits per heavy atom. The topological polar surface area (TPSA) is 12.9 Å². The normalized spacial score (nSPS) is 10.9. The lowest BCUT2D eigenvalue weighted by atomic mass is 10.2. The van der Waals surface area contributed by atoms with Crippen molar-refractivity contribution in [2.45, 2.75) is 0 Å². The zero-order valence-corrected chi connectivity index (χ0v) is 14.4. The van der Waals surface area contributed by atoms with Crippen LogP contribution in [-0.4, -0.2) is 4.98 Å². The summed E-state index contributed by atoms with van der Waals surface area (Å²) in [5.41, 5.74) is 2.32. The minimum absolute atomic E-state index is 0.0965. The quantitative estimate of drug-likeness (QED) is 0.436. The highest BCUT2D eigenvalue weighted by atomic mass is 79.9. The van der Waals surface area contributed by atoms with Crippen LogP contribution in [0.15, 0.2) is 50.7 Å². The molecule has 21 heavy (non-hydrogen) atoms. The maximum absolute atomic E-state index is 13.6. The van der Waals surface area contributed by atoms with Crippen molar-refractivity contribution >= 4 is 43.2 Å². The van der Waals surface area contributed by atoms with Gasteiger partial charge in [0.2, 0.25) is 0 Å². The highest BCUT2D eigenvalue weighted by Gasteiger charge is 2.15. The summed E-state index contributed by atoms with van der Waals surface area (Å²) in [5.74, 6) is -1.77. The van der Waals surface area contributed by atoms with Crippen molar-refractivity contribution in [3.63, 3.8) is 0 Å². The van der Waals surface area contributed by atoms with E-state index in [1.54, 1.807) is 0 Å². The van der Waals surface area contributed by atoms with Crippen molar-refractivity contribution in [1.82, 2.24) is 4.98 Å². The molecule has 3 rings (SSSR count). The molecule has 0 N–H and O–H groups in total. The molecule has 2 aromatic carbocycles. The first-order valence-corrected chi connectivity index (χ1v) is 8.38. The maximum Gasteiger partial charge on any atom is 0.173 e. The number of benzene rings is 2. The zero-order valence-electron chi connectivity index (χ0n) is 10.4. The van der Waals surface area contributed by atoms with E-state index >= 15 is 0 Å². The molecule has 0 saturated heterocycles. The fourth-order valence-corrected chi connectivity index (χ4v) is 3.61. The largest absolute Gasteiger partial charge is 0.236 e. The van der Waals surface area contributed by atoms with Gasteiger partial charge in [0.25, 0.3) is 0 Å². The van der Waals surface area contributed by atoms with E-state index in [4.69, 9.17) is 0 Å². The molecule has 0 aliphatic rings. The van der Waals surface area contributed by atoms with Gasteiger partial charge in [-0.05, 0) is 40.2 Å². The number of hydrogen-bond acceptors (Lipinski definition) is 2. The summed E-state index contributed by atoms with van der Waals surface area (Å²) in [6.07, 6.45) is 0. The van der Waals surface area contributed by atoms with Gasteiger partial charge in [-0.1, -0.05) is 28.1 Å². The van der Waals surface area contributed by atoms with Crippen LogP contribution in [0.25, 0.3) is 21.8 Å². The fraction of sp³-hybridized carbons (Fsp3) is 0. The molecule has 1 nitrogen and oxygen atoms in total. The Bertz CT molecular complexity index is 800. The molecule has 0 aliphatic heterocycles. The van der Waals surface area contributed by atoms with Crippen LogP contribution in [-0.2, 0) is 0 Å². The smallest absolute Gasteiger partial charge is 0.173 e. The van der Waals surface area contributed by atoms with E-state index in [1.165, 1.54) is 17.4 Å². The van der Waals surface area contributed by atoms with Crippen LogP contribution in [0, 0.1) is 11.6 Å². The lowest BCUT2D eigenvalue weighted by Gasteiger charge is -2.02. The number of rotatable bonds is 2. The van der Waals surface area contributed by atoms with Gasteiger partial charge in [-0.2, -0.15) is 0 Å². The molecule has 3 aromatic rings. The first kappa shape index (κ1) is 14.8. The average molecular weight is 431 g/mol. The summed E-state index contributed by atoms with van der Waals surface area (Å²) in [5, 5.41) is 2.53. The summed E-state index contributed by atoms with van der Waals surface area (Å²) >= 11 is 7.86. The van der Waals surface area contributed by atoms with E-state index in [0.29, 0.717) is 10.6 Å². The van der Waals surface area contributed by atoms with Gasteiger partial charge in [0.15, 0.2) is 11.6 Å². The van der Waals surface area contributed by atoms with E-state index in [0.717, 1.165) is 21.8 Å². The standard InChI is InChI=1S/C15H7Br2F2NS/c16-9-3-1-8(2-4-9)12-7-21-15(20-12)10-5-6-11(18)14(19)13(10)17/h1-7H. The number of hydrogen-bond donors (Lipinski definition) is 0. The van der Waals surface area contributed by atoms with Gasteiger partial charge in [0.05, 0.1) is 10.2 Å². The van der Waals surface area contributed by atoms with Crippen LogP contribution >= 0.6 is 43.2 Å². The zero-order chi connectivity index (χ0) is 15.0. The van der Waals surface area contributed by atoms with Crippen molar-refractivity contribution in [3.05, 3.63) is 62.4 Å². The van der Waals surface area contributed by atoms with Crippen LogP contribution in [0.4, 0.5) is 8.78 Å². The van der Waals surface area contributed by atoms with Gasteiger partial charge < -0.3 is 0 Å². The summed E-state index contributed by atoms with van der Waals surface area (Å²) in [6.45, 7) is 0. The van der Waals surface area contributed by atoms with Crippen LogP contribution in [0.2, 0.25) is 0 Å². The predicted octanol–water partition coefficient (Wildman–Crippen LogP) is 6.28. The van der Waals surface area contributed by atoms with E-state index < -0.39 is 11.6 Å². The molecule has 6 heteroatoms. The van der Waals surface area contributed by atoms with Gasteiger partial charge >= 0.3 is 0 Å². The molecule has 0 fully saturated rings. The fourth-order valence-electron chi connectivity index (χ4n) is 1.84. The Morgan fingerprint density at radius 3 is 2.38 bits per heavy atom.